The first-order valence-electron chi connectivity index (χ1n) is 5.23. The van der Waals surface area contributed by atoms with Gasteiger partial charge >= 0.3 is 0 Å². The maximum absolute atomic E-state index is 13.2. The van der Waals surface area contributed by atoms with Crippen LogP contribution in [0.1, 0.15) is 13.8 Å². The van der Waals surface area contributed by atoms with Gasteiger partial charge in [-0.05, 0) is 13.8 Å². The number of hydrogen-bond acceptors (Lipinski definition) is 2. The van der Waals surface area contributed by atoms with Gasteiger partial charge in [-0.25, -0.2) is 8.78 Å². The van der Waals surface area contributed by atoms with Crippen LogP contribution in [0.15, 0.2) is 12.1 Å². The summed E-state index contributed by atoms with van der Waals surface area (Å²) in [7, 11) is 1.52. The standard InChI is InChI=1S/C12H13F2NO2/c1-12(2)6-17-10-5-8(14)7(13)4-9(10)15(3)11(12)16/h4-5H,6H2,1-3H3. The van der Waals surface area contributed by atoms with Crippen LogP contribution in [0, 0.1) is 17.0 Å². The Kier molecular flexibility index (Phi) is 2.56. The van der Waals surface area contributed by atoms with E-state index in [1.807, 2.05) is 0 Å². The lowest BCUT2D eigenvalue weighted by Gasteiger charge is -2.24. The molecule has 5 heteroatoms. The second-order valence-corrected chi connectivity index (χ2v) is 4.77. The second-order valence-electron chi connectivity index (χ2n) is 4.77. The van der Waals surface area contributed by atoms with Crippen LogP contribution in [-0.2, 0) is 4.79 Å². The fraction of sp³-hybridized carbons (Fsp3) is 0.417. The zero-order chi connectivity index (χ0) is 12.8. The number of anilines is 1. The molecule has 0 saturated carbocycles. The number of fused-ring (bicyclic) bond motifs is 1. The van der Waals surface area contributed by atoms with Crippen molar-refractivity contribution < 1.29 is 18.3 Å². The molecule has 1 aliphatic heterocycles. The summed E-state index contributed by atoms with van der Waals surface area (Å²) in [6.07, 6.45) is 0. The van der Waals surface area contributed by atoms with E-state index in [0.29, 0.717) is 0 Å². The molecule has 1 aliphatic rings. The van der Waals surface area contributed by atoms with E-state index in [1.54, 1.807) is 13.8 Å². The molecular weight excluding hydrogens is 228 g/mol. The predicted molar refractivity (Wildman–Crippen MR) is 59.0 cm³/mol. The Morgan fingerprint density at radius 1 is 1.29 bits per heavy atom. The normalized spacial score (nSPS) is 18.4. The first-order valence-corrected chi connectivity index (χ1v) is 5.23. The summed E-state index contributed by atoms with van der Waals surface area (Å²) in [6.45, 7) is 3.59. The molecule has 0 bridgehead atoms. The van der Waals surface area contributed by atoms with Crippen molar-refractivity contribution in [2.24, 2.45) is 5.41 Å². The third kappa shape index (κ3) is 1.85. The van der Waals surface area contributed by atoms with E-state index in [2.05, 4.69) is 0 Å². The van der Waals surface area contributed by atoms with Crippen LogP contribution >= 0.6 is 0 Å². The Hall–Kier alpha value is -1.65. The van der Waals surface area contributed by atoms with Gasteiger partial charge in [0, 0.05) is 19.2 Å². The molecule has 0 fully saturated rings. The molecule has 17 heavy (non-hydrogen) atoms. The average Bonchev–Trinajstić information content (AvgIpc) is 2.34. The molecule has 0 spiro atoms. The van der Waals surface area contributed by atoms with Gasteiger partial charge in [0.1, 0.15) is 12.4 Å². The highest BCUT2D eigenvalue weighted by atomic mass is 19.2. The highest BCUT2D eigenvalue weighted by Crippen LogP contribution is 2.36. The monoisotopic (exact) mass is 241 g/mol. The van der Waals surface area contributed by atoms with Crippen LogP contribution in [-0.4, -0.2) is 19.6 Å². The van der Waals surface area contributed by atoms with Gasteiger partial charge in [0.05, 0.1) is 11.1 Å². The smallest absolute Gasteiger partial charge is 0.235 e. The van der Waals surface area contributed by atoms with Crippen molar-refractivity contribution >= 4 is 11.6 Å². The fourth-order valence-electron chi connectivity index (χ4n) is 1.78. The van der Waals surface area contributed by atoms with E-state index >= 15 is 0 Å². The lowest BCUT2D eigenvalue weighted by Crippen LogP contribution is -2.39. The molecule has 1 heterocycles. The lowest BCUT2D eigenvalue weighted by molar-refractivity contribution is -0.127. The van der Waals surface area contributed by atoms with Crippen molar-refractivity contribution in [3.05, 3.63) is 23.8 Å². The van der Waals surface area contributed by atoms with E-state index in [9.17, 15) is 13.6 Å². The fourth-order valence-corrected chi connectivity index (χ4v) is 1.78. The number of halogens is 2. The average molecular weight is 241 g/mol. The van der Waals surface area contributed by atoms with Crippen molar-refractivity contribution in [2.75, 3.05) is 18.6 Å². The summed E-state index contributed by atoms with van der Waals surface area (Å²) in [5.74, 6) is -1.98. The number of hydrogen-bond donors (Lipinski definition) is 0. The van der Waals surface area contributed by atoms with Crippen LogP contribution in [0.3, 0.4) is 0 Å². The molecule has 1 aromatic rings. The van der Waals surface area contributed by atoms with E-state index in [4.69, 9.17) is 4.74 Å². The summed E-state index contributed by atoms with van der Waals surface area (Å²) < 4.78 is 31.6. The van der Waals surface area contributed by atoms with Gasteiger partial charge in [-0.2, -0.15) is 0 Å². The number of benzene rings is 1. The summed E-state index contributed by atoms with van der Waals surface area (Å²) >= 11 is 0. The number of carbonyl (C=O) groups excluding carboxylic acids is 1. The molecule has 0 aliphatic carbocycles. The van der Waals surface area contributed by atoms with Crippen molar-refractivity contribution in [2.45, 2.75) is 13.8 Å². The third-order valence-electron chi connectivity index (χ3n) is 2.84. The molecule has 3 nitrogen and oxygen atoms in total. The van der Waals surface area contributed by atoms with Crippen LogP contribution in [0.2, 0.25) is 0 Å². The zero-order valence-corrected chi connectivity index (χ0v) is 9.88. The maximum Gasteiger partial charge on any atom is 0.235 e. The van der Waals surface area contributed by atoms with Gasteiger partial charge in [0.15, 0.2) is 11.6 Å². The molecule has 0 radical (unpaired) electrons. The topological polar surface area (TPSA) is 29.5 Å². The van der Waals surface area contributed by atoms with E-state index in [0.717, 1.165) is 12.1 Å². The third-order valence-corrected chi connectivity index (χ3v) is 2.84. The zero-order valence-electron chi connectivity index (χ0n) is 9.88. The van der Waals surface area contributed by atoms with Crippen LogP contribution < -0.4 is 9.64 Å². The molecule has 2 rings (SSSR count). The van der Waals surface area contributed by atoms with E-state index < -0.39 is 17.0 Å². The van der Waals surface area contributed by atoms with Gasteiger partial charge in [-0.1, -0.05) is 0 Å². The maximum atomic E-state index is 13.2. The molecule has 0 unspecified atom stereocenters. The quantitative estimate of drug-likeness (QED) is 0.697. The number of ether oxygens (including phenoxy) is 1. The Morgan fingerprint density at radius 2 is 1.88 bits per heavy atom. The van der Waals surface area contributed by atoms with E-state index in [-0.39, 0.29) is 24.0 Å². The van der Waals surface area contributed by atoms with Crippen LogP contribution in [0.5, 0.6) is 5.75 Å². The van der Waals surface area contributed by atoms with Crippen molar-refractivity contribution in [3.63, 3.8) is 0 Å². The molecule has 1 amide bonds. The Morgan fingerprint density at radius 3 is 2.53 bits per heavy atom. The van der Waals surface area contributed by atoms with Gasteiger partial charge in [0.2, 0.25) is 5.91 Å². The molecule has 0 N–H and O–H groups in total. The first kappa shape index (κ1) is 11.8. The molecule has 1 aromatic carbocycles. The number of nitrogens with zero attached hydrogens (tertiary/aromatic N) is 1. The summed E-state index contributed by atoms with van der Waals surface area (Å²) in [5.41, 5.74) is -0.472. The summed E-state index contributed by atoms with van der Waals surface area (Å²) in [4.78, 5) is 13.4. The molecule has 0 saturated heterocycles. The molecular formula is C12H13F2NO2. The minimum Gasteiger partial charge on any atom is -0.490 e. The second kappa shape index (κ2) is 3.68. The van der Waals surface area contributed by atoms with Crippen molar-refractivity contribution in [3.8, 4) is 5.75 Å². The Labute approximate surface area is 98.0 Å². The summed E-state index contributed by atoms with van der Waals surface area (Å²) in [5, 5.41) is 0. The van der Waals surface area contributed by atoms with Crippen LogP contribution in [0.25, 0.3) is 0 Å². The highest BCUT2D eigenvalue weighted by Gasteiger charge is 2.36. The van der Waals surface area contributed by atoms with E-state index in [1.165, 1.54) is 11.9 Å². The molecule has 0 atom stereocenters. The largest absolute Gasteiger partial charge is 0.490 e. The predicted octanol–water partition coefficient (Wildman–Crippen LogP) is 2.35. The number of rotatable bonds is 0. The molecule has 0 aromatic heterocycles. The molecule has 92 valence electrons. The van der Waals surface area contributed by atoms with Crippen molar-refractivity contribution in [1.29, 1.82) is 0 Å². The van der Waals surface area contributed by atoms with Crippen LogP contribution in [0.4, 0.5) is 14.5 Å². The number of amides is 1. The van der Waals surface area contributed by atoms with Crippen molar-refractivity contribution in [1.82, 2.24) is 0 Å². The SMILES string of the molecule is CN1C(=O)C(C)(C)COc2cc(F)c(F)cc21. The lowest BCUT2D eigenvalue weighted by atomic mass is 9.93. The summed E-state index contributed by atoms with van der Waals surface area (Å²) in [6, 6.07) is 1.94. The number of carbonyl (C=O) groups is 1. The minimum absolute atomic E-state index is 0.133. The minimum atomic E-state index is -0.994. The van der Waals surface area contributed by atoms with Gasteiger partial charge < -0.3 is 9.64 Å². The van der Waals surface area contributed by atoms with Gasteiger partial charge in [-0.15, -0.1) is 0 Å². The Bertz CT molecular complexity index is 486. The Balaban J connectivity index is 2.55. The van der Waals surface area contributed by atoms with Gasteiger partial charge in [-0.3, -0.25) is 4.79 Å². The van der Waals surface area contributed by atoms with Gasteiger partial charge in [0.25, 0.3) is 0 Å². The first-order chi connectivity index (χ1) is 7.83. The highest BCUT2D eigenvalue weighted by molar-refractivity contribution is 5.98.